The maximum absolute atomic E-state index is 9.86. The predicted octanol–water partition coefficient (Wildman–Crippen LogP) is 4.82. The second-order valence-electron chi connectivity index (χ2n) is 5.94. The van der Waals surface area contributed by atoms with Crippen LogP contribution in [0.1, 0.15) is 97.3 Å². The minimum Gasteiger partial charge on any atom is -0.393 e. The van der Waals surface area contributed by atoms with Crippen molar-refractivity contribution in [3.05, 3.63) is 0 Å². The maximum atomic E-state index is 9.86. The smallest absolute Gasteiger partial charge is 0.0541 e. The third kappa shape index (κ3) is 14.1. The first-order valence-corrected chi connectivity index (χ1v) is 8.56. The van der Waals surface area contributed by atoms with Gasteiger partial charge in [-0.1, -0.05) is 71.6 Å². The van der Waals surface area contributed by atoms with Crippen LogP contribution in [0.4, 0.5) is 0 Å². The average Bonchev–Trinajstić information content (AvgIpc) is 2.40. The number of hydrogen-bond acceptors (Lipinski definition) is 2. The zero-order chi connectivity index (χ0) is 14.3. The van der Waals surface area contributed by atoms with Gasteiger partial charge in [0.25, 0.3) is 0 Å². The highest BCUT2D eigenvalue weighted by atomic mass is 16.3. The standard InChI is InChI=1S/C17H36O2/c1-3-5-7-8-9-11-13-17(19)15-14-16(18)12-10-6-4-2/h16-19H,3-15H2,1-2H3. The molecule has 2 nitrogen and oxygen atoms in total. The molecule has 0 aliphatic rings. The van der Waals surface area contributed by atoms with E-state index in [0.29, 0.717) is 0 Å². The molecule has 0 aromatic carbocycles. The van der Waals surface area contributed by atoms with Crippen LogP contribution in [0.25, 0.3) is 0 Å². The Morgan fingerprint density at radius 3 is 1.42 bits per heavy atom. The zero-order valence-corrected chi connectivity index (χ0v) is 13.2. The summed E-state index contributed by atoms with van der Waals surface area (Å²) >= 11 is 0. The fourth-order valence-electron chi connectivity index (χ4n) is 2.46. The lowest BCUT2D eigenvalue weighted by Gasteiger charge is -2.14. The molecule has 0 aliphatic carbocycles. The molecule has 0 amide bonds. The predicted molar refractivity (Wildman–Crippen MR) is 83.4 cm³/mol. The van der Waals surface area contributed by atoms with Gasteiger partial charge in [-0.2, -0.15) is 0 Å². The van der Waals surface area contributed by atoms with E-state index >= 15 is 0 Å². The lowest BCUT2D eigenvalue weighted by Crippen LogP contribution is -2.13. The van der Waals surface area contributed by atoms with E-state index in [1.807, 2.05) is 0 Å². The van der Waals surface area contributed by atoms with E-state index in [0.717, 1.165) is 38.5 Å². The van der Waals surface area contributed by atoms with Crippen LogP contribution in [-0.4, -0.2) is 22.4 Å². The van der Waals surface area contributed by atoms with Crippen molar-refractivity contribution in [2.75, 3.05) is 0 Å². The SMILES string of the molecule is CCCCCCCCC(O)CCC(O)CCCCC. The lowest BCUT2D eigenvalue weighted by atomic mass is 10.0. The summed E-state index contributed by atoms with van der Waals surface area (Å²) in [7, 11) is 0. The minimum atomic E-state index is -0.203. The van der Waals surface area contributed by atoms with Crippen LogP contribution in [0.3, 0.4) is 0 Å². The van der Waals surface area contributed by atoms with Gasteiger partial charge in [0.2, 0.25) is 0 Å². The summed E-state index contributed by atoms with van der Waals surface area (Å²) in [4.78, 5) is 0. The number of unbranched alkanes of at least 4 members (excludes halogenated alkanes) is 7. The Bertz CT molecular complexity index is 171. The molecule has 0 fully saturated rings. The molecule has 2 N–H and O–H groups in total. The van der Waals surface area contributed by atoms with Crippen LogP contribution in [0.15, 0.2) is 0 Å². The van der Waals surface area contributed by atoms with Crippen molar-refractivity contribution in [2.24, 2.45) is 0 Å². The van der Waals surface area contributed by atoms with Crippen LogP contribution in [0, 0.1) is 0 Å². The molecule has 0 bridgehead atoms. The van der Waals surface area contributed by atoms with E-state index < -0.39 is 0 Å². The molecule has 0 radical (unpaired) electrons. The van der Waals surface area contributed by atoms with Crippen molar-refractivity contribution in [2.45, 2.75) is 110 Å². The summed E-state index contributed by atoms with van der Waals surface area (Å²) in [6.07, 6.45) is 14.1. The van der Waals surface area contributed by atoms with E-state index in [9.17, 15) is 10.2 Å². The van der Waals surface area contributed by atoms with Crippen molar-refractivity contribution in [3.63, 3.8) is 0 Å². The Labute approximate surface area is 120 Å². The Morgan fingerprint density at radius 1 is 0.526 bits per heavy atom. The molecule has 0 heterocycles. The zero-order valence-electron chi connectivity index (χ0n) is 13.2. The molecule has 0 saturated carbocycles. The summed E-state index contributed by atoms with van der Waals surface area (Å²) in [5.74, 6) is 0. The number of rotatable bonds is 14. The van der Waals surface area contributed by atoms with Crippen LogP contribution in [0.5, 0.6) is 0 Å². The average molecular weight is 272 g/mol. The summed E-state index contributed by atoms with van der Waals surface area (Å²) < 4.78 is 0. The van der Waals surface area contributed by atoms with Crippen LogP contribution in [0.2, 0.25) is 0 Å². The molecule has 116 valence electrons. The lowest BCUT2D eigenvalue weighted by molar-refractivity contribution is 0.101. The summed E-state index contributed by atoms with van der Waals surface area (Å²) in [5, 5.41) is 19.6. The van der Waals surface area contributed by atoms with Gasteiger partial charge in [0.1, 0.15) is 0 Å². The first kappa shape index (κ1) is 18.9. The first-order chi connectivity index (χ1) is 9.20. The highest BCUT2D eigenvalue weighted by molar-refractivity contribution is 4.62. The van der Waals surface area contributed by atoms with Gasteiger partial charge in [-0.25, -0.2) is 0 Å². The molecule has 2 heteroatoms. The summed E-state index contributed by atoms with van der Waals surface area (Å²) in [6, 6.07) is 0. The third-order valence-corrected chi connectivity index (χ3v) is 3.86. The molecule has 0 saturated heterocycles. The minimum absolute atomic E-state index is 0.202. The molecule has 0 aliphatic heterocycles. The molecular weight excluding hydrogens is 236 g/mol. The maximum Gasteiger partial charge on any atom is 0.0541 e. The molecule has 0 aromatic heterocycles. The van der Waals surface area contributed by atoms with Gasteiger partial charge in [-0.3, -0.25) is 0 Å². The molecule has 2 unspecified atom stereocenters. The van der Waals surface area contributed by atoms with Gasteiger partial charge in [0.15, 0.2) is 0 Å². The van der Waals surface area contributed by atoms with Gasteiger partial charge in [0.05, 0.1) is 12.2 Å². The van der Waals surface area contributed by atoms with Crippen molar-refractivity contribution in [1.29, 1.82) is 0 Å². The largest absolute Gasteiger partial charge is 0.393 e. The molecule has 2 atom stereocenters. The highest BCUT2D eigenvalue weighted by Gasteiger charge is 2.09. The third-order valence-electron chi connectivity index (χ3n) is 3.86. The van der Waals surface area contributed by atoms with E-state index in [4.69, 9.17) is 0 Å². The van der Waals surface area contributed by atoms with Gasteiger partial charge in [-0.15, -0.1) is 0 Å². The highest BCUT2D eigenvalue weighted by Crippen LogP contribution is 2.14. The van der Waals surface area contributed by atoms with Crippen LogP contribution < -0.4 is 0 Å². The topological polar surface area (TPSA) is 40.5 Å². The van der Waals surface area contributed by atoms with Gasteiger partial charge in [-0.05, 0) is 25.7 Å². The molecule has 0 spiro atoms. The fraction of sp³-hybridized carbons (Fsp3) is 1.00. The second-order valence-corrected chi connectivity index (χ2v) is 5.94. The van der Waals surface area contributed by atoms with Gasteiger partial charge in [0, 0.05) is 0 Å². The number of aliphatic hydroxyl groups is 2. The number of hydrogen-bond donors (Lipinski definition) is 2. The molecule has 0 aromatic rings. The van der Waals surface area contributed by atoms with Gasteiger partial charge < -0.3 is 10.2 Å². The van der Waals surface area contributed by atoms with Crippen LogP contribution >= 0.6 is 0 Å². The van der Waals surface area contributed by atoms with E-state index in [-0.39, 0.29) is 12.2 Å². The Balaban J connectivity index is 3.30. The Hall–Kier alpha value is -0.0800. The quantitative estimate of drug-likeness (QED) is 0.445. The van der Waals surface area contributed by atoms with E-state index in [2.05, 4.69) is 13.8 Å². The number of aliphatic hydroxyl groups excluding tert-OH is 2. The monoisotopic (exact) mass is 272 g/mol. The van der Waals surface area contributed by atoms with Crippen molar-refractivity contribution in [3.8, 4) is 0 Å². The van der Waals surface area contributed by atoms with E-state index in [1.165, 1.54) is 44.9 Å². The van der Waals surface area contributed by atoms with Crippen LogP contribution in [-0.2, 0) is 0 Å². The molecular formula is C17H36O2. The molecule has 19 heavy (non-hydrogen) atoms. The Kier molecular flexibility index (Phi) is 14.3. The first-order valence-electron chi connectivity index (χ1n) is 8.56. The van der Waals surface area contributed by atoms with Crippen molar-refractivity contribution < 1.29 is 10.2 Å². The second kappa shape index (κ2) is 14.3. The fourth-order valence-corrected chi connectivity index (χ4v) is 2.46. The molecule has 0 rings (SSSR count). The van der Waals surface area contributed by atoms with Crippen molar-refractivity contribution >= 4 is 0 Å². The van der Waals surface area contributed by atoms with Gasteiger partial charge >= 0.3 is 0 Å². The van der Waals surface area contributed by atoms with Crippen molar-refractivity contribution in [1.82, 2.24) is 0 Å². The summed E-state index contributed by atoms with van der Waals surface area (Å²) in [5.41, 5.74) is 0. The normalized spacial score (nSPS) is 14.5. The van der Waals surface area contributed by atoms with E-state index in [1.54, 1.807) is 0 Å². The Morgan fingerprint density at radius 2 is 0.895 bits per heavy atom. The summed E-state index contributed by atoms with van der Waals surface area (Å²) in [6.45, 7) is 4.41.